The molecular weight excluding hydrogens is 244 g/mol. The Morgan fingerprint density at radius 1 is 1.38 bits per heavy atom. The molecule has 1 atom stereocenters. The molecular formula is C10H21N2O2S2+. The van der Waals surface area contributed by atoms with E-state index in [1.165, 1.54) is 6.92 Å². The van der Waals surface area contributed by atoms with Crippen LogP contribution in [0.5, 0.6) is 0 Å². The summed E-state index contributed by atoms with van der Waals surface area (Å²) in [5.74, 6) is 1.07. The first-order valence-electron chi connectivity index (χ1n) is 5.17. The van der Waals surface area contributed by atoms with E-state index in [-0.39, 0.29) is 11.8 Å². The number of thiol groups is 1. The van der Waals surface area contributed by atoms with Crippen molar-refractivity contribution in [3.63, 3.8) is 0 Å². The van der Waals surface area contributed by atoms with Crippen molar-refractivity contribution in [1.29, 1.82) is 0 Å². The highest BCUT2D eigenvalue weighted by Gasteiger charge is 2.16. The number of rotatable bonds is 7. The van der Waals surface area contributed by atoms with Crippen LogP contribution in [0, 0.1) is 0 Å². The molecule has 0 aromatic rings. The monoisotopic (exact) mass is 265 g/mol. The molecule has 0 aliphatic rings. The SMILES string of the molecule is CC(=O)N[C@@H](CS)C(=O)NCCC[S+](C)C. The summed E-state index contributed by atoms with van der Waals surface area (Å²) in [6.45, 7) is 2.05. The van der Waals surface area contributed by atoms with Crippen molar-refractivity contribution < 1.29 is 9.59 Å². The van der Waals surface area contributed by atoms with Crippen LogP contribution in [0.4, 0.5) is 0 Å². The summed E-state index contributed by atoms with van der Waals surface area (Å²) >= 11 is 4.03. The second kappa shape index (κ2) is 8.75. The number of carbonyl (C=O) groups excluding carboxylic acids is 2. The van der Waals surface area contributed by atoms with Crippen LogP contribution in [0.2, 0.25) is 0 Å². The molecule has 0 aromatic heterocycles. The topological polar surface area (TPSA) is 58.2 Å². The molecule has 0 radical (unpaired) electrons. The van der Waals surface area contributed by atoms with Gasteiger partial charge in [0.1, 0.15) is 11.8 Å². The maximum absolute atomic E-state index is 11.6. The van der Waals surface area contributed by atoms with Crippen molar-refractivity contribution in [2.45, 2.75) is 19.4 Å². The lowest BCUT2D eigenvalue weighted by Crippen LogP contribution is -2.47. The van der Waals surface area contributed by atoms with Crippen molar-refractivity contribution in [3.05, 3.63) is 0 Å². The molecule has 0 bridgehead atoms. The van der Waals surface area contributed by atoms with E-state index in [1.54, 1.807) is 0 Å². The van der Waals surface area contributed by atoms with Gasteiger partial charge in [-0.2, -0.15) is 12.6 Å². The summed E-state index contributed by atoms with van der Waals surface area (Å²) in [6, 6.07) is -0.526. The van der Waals surface area contributed by atoms with E-state index in [1.807, 2.05) is 0 Å². The minimum absolute atomic E-state index is 0.155. The van der Waals surface area contributed by atoms with Crippen LogP contribution >= 0.6 is 12.6 Å². The summed E-state index contributed by atoms with van der Waals surface area (Å²) in [5.41, 5.74) is 0. The number of hydrogen-bond donors (Lipinski definition) is 3. The van der Waals surface area contributed by atoms with Gasteiger partial charge in [-0.25, -0.2) is 0 Å². The molecule has 2 N–H and O–H groups in total. The Labute approximate surface area is 106 Å². The Balaban J connectivity index is 3.80. The smallest absolute Gasteiger partial charge is 0.243 e. The highest BCUT2D eigenvalue weighted by molar-refractivity contribution is 7.95. The van der Waals surface area contributed by atoms with Gasteiger partial charge in [-0.05, 0) is 10.9 Å². The van der Waals surface area contributed by atoms with Crippen LogP contribution in [0.25, 0.3) is 0 Å². The quantitative estimate of drug-likeness (QED) is 0.339. The highest BCUT2D eigenvalue weighted by Crippen LogP contribution is 1.91. The maximum atomic E-state index is 11.6. The average molecular weight is 265 g/mol. The Hall–Kier alpha value is -0.360. The summed E-state index contributed by atoms with van der Waals surface area (Å²) < 4.78 is 0. The molecule has 0 saturated heterocycles. The van der Waals surface area contributed by atoms with Gasteiger partial charge in [-0.15, -0.1) is 0 Å². The van der Waals surface area contributed by atoms with E-state index >= 15 is 0 Å². The van der Waals surface area contributed by atoms with Crippen LogP contribution < -0.4 is 10.6 Å². The fourth-order valence-corrected chi connectivity index (χ4v) is 2.11. The molecule has 0 fully saturated rings. The fourth-order valence-electron chi connectivity index (χ4n) is 1.14. The predicted molar refractivity (Wildman–Crippen MR) is 73.2 cm³/mol. The molecule has 0 aromatic carbocycles. The molecule has 0 unspecified atom stereocenters. The van der Waals surface area contributed by atoms with Gasteiger partial charge in [0.25, 0.3) is 0 Å². The van der Waals surface area contributed by atoms with Crippen LogP contribution in [0.15, 0.2) is 0 Å². The molecule has 0 spiro atoms. The minimum Gasteiger partial charge on any atom is -0.354 e. The zero-order chi connectivity index (χ0) is 12.6. The average Bonchev–Trinajstić information content (AvgIpc) is 2.20. The fraction of sp³-hybridized carbons (Fsp3) is 0.800. The van der Waals surface area contributed by atoms with Crippen molar-refractivity contribution >= 4 is 35.3 Å². The zero-order valence-corrected chi connectivity index (χ0v) is 11.8. The van der Waals surface area contributed by atoms with E-state index in [4.69, 9.17) is 0 Å². The van der Waals surface area contributed by atoms with Gasteiger partial charge in [0, 0.05) is 25.6 Å². The summed E-state index contributed by atoms with van der Waals surface area (Å²) in [6.07, 6.45) is 5.33. The van der Waals surface area contributed by atoms with Crippen molar-refractivity contribution in [2.24, 2.45) is 0 Å². The molecule has 0 rings (SSSR count). The van der Waals surface area contributed by atoms with Crippen molar-refractivity contribution in [3.8, 4) is 0 Å². The Bertz CT molecular complexity index is 235. The molecule has 0 aliphatic heterocycles. The Morgan fingerprint density at radius 3 is 2.44 bits per heavy atom. The largest absolute Gasteiger partial charge is 0.354 e. The molecule has 16 heavy (non-hydrogen) atoms. The first-order valence-corrected chi connectivity index (χ1v) is 8.01. The molecule has 0 aliphatic carbocycles. The van der Waals surface area contributed by atoms with Crippen LogP contribution in [0.1, 0.15) is 13.3 Å². The van der Waals surface area contributed by atoms with E-state index in [0.29, 0.717) is 23.2 Å². The summed E-state index contributed by atoms with van der Waals surface area (Å²) in [5, 5.41) is 5.35. The van der Waals surface area contributed by atoms with Crippen molar-refractivity contribution in [1.82, 2.24) is 10.6 Å². The summed E-state index contributed by atoms with van der Waals surface area (Å²) in [4.78, 5) is 22.4. The maximum Gasteiger partial charge on any atom is 0.243 e. The lowest BCUT2D eigenvalue weighted by atomic mass is 10.3. The van der Waals surface area contributed by atoms with Gasteiger partial charge in [0.15, 0.2) is 0 Å². The van der Waals surface area contributed by atoms with Gasteiger partial charge in [0.05, 0.1) is 12.5 Å². The van der Waals surface area contributed by atoms with E-state index in [0.717, 1.165) is 12.2 Å². The minimum atomic E-state index is -0.526. The Morgan fingerprint density at radius 2 is 2.00 bits per heavy atom. The van der Waals surface area contributed by atoms with Gasteiger partial charge in [0.2, 0.25) is 11.8 Å². The van der Waals surface area contributed by atoms with Crippen LogP contribution in [-0.2, 0) is 20.5 Å². The standard InChI is InChI=1S/C10H20N2O2S2/c1-8(13)12-9(7-15)10(14)11-5-4-6-16(2)3/h9H,4-7H2,1-3H3,(H2-,11,12,13,14,15)/p+1/t9-/m0/s1. The van der Waals surface area contributed by atoms with E-state index in [2.05, 4.69) is 35.8 Å². The second-order valence-corrected chi connectivity index (χ2v) is 6.51. The van der Waals surface area contributed by atoms with Gasteiger partial charge >= 0.3 is 0 Å². The van der Waals surface area contributed by atoms with Gasteiger partial charge in [-0.1, -0.05) is 0 Å². The van der Waals surface area contributed by atoms with Gasteiger partial charge in [-0.3, -0.25) is 9.59 Å². The predicted octanol–water partition coefficient (Wildman–Crippen LogP) is -0.195. The molecule has 94 valence electrons. The van der Waals surface area contributed by atoms with Crippen LogP contribution in [0.3, 0.4) is 0 Å². The molecule has 0 saturated carbocycles. The third kappa shape index (κ3) is 7.87. The number of hydrogen-bond acceptors (Lipinski definition) is 3. The lowest BCUT2D eigenvalue weighted by Gasteiger charge is -2.14. The van der Waals surface area contributed by atoms with E-state index in [9.17, 15) is 9.59 Å². The second-order valence-electron chi connectivity index (χ2n) is 3.77. The number of nitrogens with one attached hydrogen (secondary N) is 2. The zero-order valence-electron chi connectivity index (χ0n) is 10.1. The third-order valence-corrected chi connectivity index (χ3v) is 3.38. The molecule has 4 nitrogen and oxygen atoms in total. The Kier molecular flexibility index (Phi) is 8.56. The number of carbonyl (C=O) groups is 2. The van der Waals surface area contributed by atoms with E-state index < -0.39 is 6.04 Å². The number of amides is 2. The third-order valence-electron chi connectivity index (χ3n) is 1.91. The van der Waals surface area contributed by atoms with Crippen molar-refractivity contribution in [2.75, 3.05) is 30.6 Å². The molecule has 0 heterocycles. The molecule has 6 heteroatoms. The molecule has 2 amide bonds. The lowest BCUT2D eigenvalue weighted by molar-refractivity contribution is -0.127. The van der Waals surface area contributed by atoms with Crippen LogP contribution in [-0.4, -0.2) is 48.4 Å². The first kappa shape index (κ1) is 15.6. The summed E-state index contributed by atoms with van der Waals surface area (Å²) in [7, 11) is 0.412. The first-order chi connectivity index (χ1) is 7.47. The normalized spacial score (nSPS) is 12.3. The van der Waals surface area contributed by atoms with Gasteiger partial charge < -0.3 is 10.6 Å². The highest BCUT2D eigenvalue weighted by atomic mass is 32.2.